The Morgan fingerprint density at radius 3 is 2.69 bits per heavy atom. The van der Waals surface area contributed by atoms with Crippen molar-refractivity contribution < 1.29 is 14.3 Å². The van der Waals surface area contributed by atoms with E-state index in [0.717, 1.165) is 24.9 Å². The van der Waals surface area contributed by atoms with Gasteiger partial charge in [-0.05, 0) is 50.1 Å². The standard InChI is InChI=1S/C24H25ClN4O3/c1-16-5-8-19(9-6-16)32-24-22(26-11-12-27-24)29-13-3-4-17(15-29)23(30)28-18-7-10-21(31-2)20(25)14-18/h5-12,14,17H,3-4,13,15H2,1-2H3,(H,28,30)/t17-/m1/s1. The molecule has 0 saturated carbocycles. The monoisotopic (exact) mass is 452 g/mol. The molecule has 1 aliphatic rings. The first kappa shape index (κ1) is 21.9. The van der Waals surface area contributed by atoms with Gasteiger partial charge >= 0.3 is 0 Å². The minimum Gasteiger partial charge on any atom is -0.495 e. The number of halogens is 1. The lowest BCUT2D eigenvalue weighted by molar-refractivity contribution is -0.120. The van der Waals surface area contributed by atoms with Crippen LogP contribution in [-0.4, -0.2) is 36.1 Å². The predicted molar refractivity (Wildman–Crippen MR) is 125 cm³/mol. The van der Waals surface area contributed by atoms with Gasteiger partial charge in [0.05, 0.1) is 18.1 Å². The Balaban J connectivity index is 1.46. The van der Waals surface area contributed by atoms with Crippen LogP contribution in [0.2, 0.25) is 5.02 Å². The van der Waals surface area contributed by atoms with Crippen LogP contribution in [0.5, 0.6) is 17.4 Å². The van der Waals surface area contributed by atoms with Gasteiger partial charge in [-0.15, -0.1) is 0 Å². The molecule has 1 aromatic heterocycles. The first-order valence-electron chi connectivity index (χ1n) is 10.5. The smallest absolute Gasteiger partial charge is 0.263 e. The number of aromatic nitrogens is 2. The fourth-order valence-electron chi connectivity index (χ4n) is 3.70. The first-order valence-corrected chi connectivity index (χ1v) is 10.9. The van der Waals surface area contributed by atoms with Gasteiger partial charge in [0.1, 0.15) is 11.5 Å². The number of amides is 1. The van der Waals surface area contributed by atoms with Crippen molar-refractivity contribution in [2.75, 3.05) is 30.4 Å². The van der Waals surface area contributed by atoms with Crippen molar-refractivity contribution in [3.63, 3.8) is 0 Å². The molecule has 1 N–H and O–H groups in total. The summed E-state index contributed by atoms with van der Waals surface area (Å²) in [6.07, 6.45) is 4.90. The summed E-state index contributed by atoms with van der Waals surface area (Å²) in [5, 5.41) is 3.41. The summed E-state index contributed by atoms with van der Waals surface area (Å²) in [6.45, 7) is 3.33. The zero-order valence-corrected chi connectivity index (χ0v) is 18.8. The fraction of sp³-hybridized carbons (Fsp3) is 0.292. The number of hydrogen-bond acceptors (Lipinski definition) is 6. The number of methoxy groups -OCH3 is 1. The normalized spacial score (nSPS) is 15.8. The van der Waals surface area contributed by atoms with E-state index < -0.39 is 0 Å². The number of piperidine rings is 1. The SMILES string of the molecule is COc1ccc(NC(=O)[C@@H]2CCCN(c3nccnc3Oc3ccc(C)cc3)C2)cc1Cl. The summed E-state index contributed by atoms with van der Waals surface area (Å²) >= 11 is 6.18. The molecule has 0 unspecified atom stereocenters. The molecule has 7 nitrogen and oxygen atoms in total. The van der Waals surface area contributed by atoms with Gasteiger partial charge in [0.2, 0.25) is 5.91 Å². The Kier molecular flexibility index (Phi) is 6.75. The van der Waals surface area contributed by atoms with Crippen molar-refractivity contribution in [3.8, 4) is 17.4 Å². The molecule has 0 spiro atoms. The van der Waals surface area contributed by atoms with Crippen LogP contribution < -0.4 is 19.7 Å². The van der Waals surface area contributed by atoms with Crippen LogP contribution in [0, 0.1) is 12.8 Å². The third-order valence-corrected chi connectivity index (χ3v) is 5.69. The second-order valence-corrected chi connectivity index (χ2v) is 8.13. The number of rotatable bonds is 6. The van der Waals surface area contributed by atoms with Gasteiger partial charge in [-0.25, -0.2) is 9.97 Å². The van der Waals surface area contributed by atoms with E-state index in [1.54, 1.807) is 37.7 Å². The lowest BCUT2D eigenvalue weighted by Crippen LogP contribution is -2.41. The van der Waals surface area contributed by atoms with E-state index in [-0.39, 0.29) is 11.8 Å². The van der Waals surface area contributed by atoms with Crippen LogP contribution in [0.4, 0.5) is 11.5 Å². The molecule has 1 atom stereocenters. The maximum absolute atomic E-state index is 12.9. The summed E-state index contributed by atoms with van der Waals surface area (Å²) in [5.41, 5.74) is 1.79. The number of carbonyl (C=O) groups is 1. The molecule has 1 saturated heterocycles. The van der Waals surface area contributed by atoms with Gasteiger partial charge in [-0.2, -0.15) is 0 Å². The van der Waals surface area contributed by atoms with Crippen LogP contribution in [0.15, 0.2) is 54.9 Å². The zero-order valence-electron chi connectivity index (χ0n) is 18.0. The molecule has 1 fully saturated rings. The summed E-state index contributed by atoms with van der Waals surface area (Å²) in [7, 11) is 1.55. The van der Waals surface area contributed by atoms with Crippen LogP contribution in [0.25, 0.3) is 0 Å². The molecule has 1 aliphatic heterocycles. The van der Waals surface area contributed by atoms with Crippen LogP contribution in [0.1, 0.15) is 18.4 Å². The van der Waals surface area contributed by atoms with Crippen LogP contribution in [-0.2, 0) is 4.79 Å². The molecular weight excluding hydrogens is 428 g/mol. The Labute approximate surface area is 192 Å². The second kappa shape index (κ2) is 9.87. The van der Waals surface area contributed by atoms with Crippen molar-refractivity contribution in [2.24, 2.45) is 5.92 Å². The maximum atomic E-state index is 12.9. The first-order chi connectivity index (χ1) is 15.5. The average molecular weight is 453 g/mol. The highest BCUT2D eigenvalue weighted by Gasteiger charge is 2.28. The highest BCUT2D eigenvalue weighted by molar-refractivity contribution is 6.32. The topological polar surface area (TPSA) is 76.6 Å². The zero-order chi connectivity index (χ0) is 22.5. The van der Waals surface area contributed by atoms with Gasteiger partial charge in [0.25, 0.3) is 5.88 Å². The molecule has 4 rings (SSSR count). The van der Waals surface area contributed by atoms with Gasteiger partial charge in [0, 0.05) is 31.2 Å². The molecule has 32 heavy (non-hydrogen) atoms. The van der Waals surface area contributed by atoms with Crippen molar-refractivity contribution in [1.29, 1.82) is 0 Å². The quantitative estimate of drug-likeness (QED) is 0.561. The Morgan fingerprint density at radius 1 is 1.16 bits per heavy atom. The van der Waals surface area contributed by atoms with E-state index in [0.29, 0.717) is 40.5 Å². The van der Waals surface area contributed by atoms with Crippen molar-refractivity contribution >= 4 is 29.0 Å². The third-order valence-electron chi connectivity index (χ3n) is 5.39. The molecule has 0 radical (unpaired) electrons. The highest BCUT2D eigenvalue weighted by Crippen LogP contribution is 2.32. The number of benzene rings is 2. The van der Waals surface area contributed by atoms with Gasteiger partial charge in [0.15, 0.2) is 5.82 Å². The van der Waals surface area contributed by atoms with Crippen LogP contribution in [0.3, 0.4) is 0 Å². The number of aryl methyl sites for hydroxylation is 1. The van der Waals surface area contributed by atoms with Gasteiger partial charge < -0.3 is 19.7 Å². The Bertz CT molecular complexity index is 1090. The molecule has 8 heteroatoms. The molecule has 0 aliphatic carbocycles. The number of nitrogens with zero attached hydrogens (tertiary/aromatic N) is 3. The number of anilines is 2. The number of hydrogen-bond donors (Lipinski definition) is 1. The summed E-state index contributed by atoms with van der Waals surface area (Å²) in [6, 6.07) is 13.0. The summed E-state index contributed by atoms with van der Waals surface area (Å²) < 4.78 is 11.2. The molecule has 0 bridgehead atoms. The maximum Gasteiger partial charge on any atom is 0.263 e. The minimum absolute atomic E-state index is 0.0548. The molecule has 1 amide bonds. The van der Waals surface area contributed by atoms with Crippen LogP contribution >= 0.6 is 11.6 Å². The average Bonchev–Trinajstić information content (AvgIpc) is 2.81. The number of ether oxygens (including phenoxy) is 2. The summed E-state index contributed by atoms with van der Waals surface area (Å²) in [5.74, 6) is 2.08. The predicted octanol–water partition coefficient (Wildman–Crippen LogP) is 5.09. The van der Waals surface area contributed by atoms with Crippen molar-refractivity contribution in [2.45, 2.75) is 19.8 Å². The number of nitrogens with one attached hydrogen (secondary N) is 1. The second-order valence-electron chi connectivity index (χ2n) is 7.72. The van der Waals surface area contributed by atoms with Gasteiger partial charge in [-0.1, -0.05) is 29.3 Å². The highest BCUT2D eigenvalue weighted by atomic mass is 35.5. The molecule has 3 aromatic rings. The van der Waals surface area contributed by atoms with E-state index >= 15 is 0 Å². The van der Waals surface area contributed by atoms with Gasteiger partial charge in [-0.3, -0.25) is 4.79 Å². The lowest BCUT2D eigenvalue weighted by Gasteiger charge is -2.33. The fourth-order valence-corrected chi connectivity index (χ4v) is 3.95. The lowest BCUT2D eigenvalue weighted by atomic mass is 9.97. The Morgan fingerprint density at radius 2 is 1.94 bits per heavy atom. The molecular formula is C24H25ClN4O3. The molecule has 2 heterocycles. The van der Waals surface area contributed by atoms with E-state index in [4.69, 9.17) is 21.1 Å². The van der Waals surface area contributed by atoms with E-state index in [1.165, 1.54) is 0 Å². The minimum atomic E-state index is -0.196. The molecule has 166 valence electrons. The summed E-state index contributed by atoms with van der Waals surface area (Å²) in [4.78, 5) is 23.9. The van der Waals surface area contributed by atoms with E-state index in [2.05, 4.69) is 20.2 Å². The van der Waals surface area contributed by atoms with Crippen molar-refractivity contribution in [1.82, 2.24) is 9.97 Å². The van der Waals surface area contributed by atoms with Crippen molar-refractivity contribution in [3.05, 3.63) is 65.4 Å². The Hall–Kier alpha value is -3.32. The number of carbonyl (C=O) groups excluding carboxylic acids is 1. The van der Waals surface area contributed by atoms with E-state index in [1.807, 2.05) is 31.2 Å². The third kappa shape index (κ3) is 5.11. The largest absolute Gasteiger partial charge is 0.495 e. The van der Waals surface area contributed by atoms with E-state index in [9.17, 15) is 4.79 Å². The molecule has 2 aromatic carbocycles.